The fourth-order valence-electron chi connectivity index (χ4n) is 1.91. The summed E-state index contributed by atoms with van der Waals surface area (Å²) in [6.07, 6.45) is 5.20. The van der Waals surface area contributed by atoms with Crippen molar-refractivity contribution in [2.45, 2.75) is 9.79 Å². The van der Waals surface area contributed by atoms with Crippen LogP contribution in [0, 0.1) is 0 Å². The standard InChI is InChI=1S/C16H13N3O4S/c1-22-10-2-4-11(5-3-10)24-15-8-23-7-12(15)13(20)6-14(21)16-17-9-18-19-16/h2-9,21H,1H3,(H,17,18,19). The molecular formula is C16H13N3O4S. The molecule has 122 valence electrons. The van der Waals surface area contributed by atoms with Crippen LogP contribution in [-0.4, -0.2) is 33.2 Å². The van der Waals surface area contributed by atoms with E-state index in [0.717, 1.165) is 16.7 Å². The van der Waals surface area contributed by atoms with Crippen LogP contribution in [0.5, 0.6) is 5.75 Å². The van der Waals surface area contributed by atoms with Crippen LogP contribution in [-0.2, 0) is 0 Å². The van der Waals surface area contributed by atoms with E-state index in [1.807, 2.05) is 24.3 Å². The second-order valence-corrected chi connectivity index (χ2v) is 5.76. The van der Waals surface area contributed by atoms with Crippen molar-refractivity contribution in [3.8, 4) is 5.75 Å². The van der Waals surface area contributed by atoms with Gasteiger partial charge >= 0.3 is 0 Å². The molecule has 0 aliphatic rings. The summed E-state index contributed by atoms with van der Waals surface area (Å²) in [5.74, 6) is 0.0864. The van der Waals surface area contributed by atoms with Crippen molar-refractivity contribution in [3.63, 3.8) is 0 Å². The van der Waals surface area contributed by atoms with Gasteiger partial charge in [-0.3, -0.25) is 9.89 Å². The molecule has 0 radical (unpaired) electrons. The molecular weight excluding hydrogens is 330 g/mol. The minimum atomic E-state index is -0.401. The highest BCUT2D eigenvalue weighted by Crippen LogP contribution is 2.32. The quantitative estimate of drug-likeness (QED) is 0.402. The minimum Gasteiger partial charge on any atom is -0.504 e. The van der Waals surface area contributed by atoms with Gasteiger partial charge < -0.3 is 14.3 Å². The number of furan rings is 1. The molecule has 0 aliphatic heterocycles. The van der Waals surface area contributed by atoms with E-state index in [9.17, 15) is 9.90 Å². The number of ketones is 1. The normalized spacial score (nSPS) is 11.5. The molecule has 0 unspecified atom stereocenters. The number of hydrogen-bond acceptors (Lipinski definition) is 7. The number of nitrogens with one attached hydrogen (secondary N) is 1. The van der Waals surface area contributed by atoms with Gasteiger partial charge in [0.1, 0.15) is 24.6 Å². The first kappa shape index (κ1) is 15.9. The SMILES string of the molecule is COc1ccc(Sc2cocc2C(=O)C=C(O)c2nc[nH]n2)cc1. The predicted octanol–water partition coefficient (Wildman–Crippen LogP) is 3.34. The number of aliphatic hydroxyl groups is 1. The summed E-state index contributed by atoms with van der Waals surface area (Å²) in [4.78, 5) is 17.7. The summed E-state index contributed by atoms with van der Waals surface area (Å²) in [7, 11) is 1.60. The van der Waals surface area contributed by atoms with E-state index in [4.69, 9.17) is 9.15 Å². The minimum absolute atomic E-state index is 0.0520. The summed E-state index contributed by atoms with van der Waals surface area (Å²) in [5, 5.41) is 16.0. The summed E-state index contributed by atoms with van der Waals surface area (Å²) in [6.45, 7) is 0. The third kappa shape index (κ3) is 3.49. The van der Waals surface area contributed by atoms with Crippen molar-refractivity contribution < 1.29 is 19.1 Å². The number of aromatic nitrogens is 3. The molecule has 2 aromatic heterocycles. The number of benzene rings is 1. The predicted molar refractivity (Wildman–Crippen MR) is 87.1 cm³/mol. The van der Waals surface area contributed by atoms with Crippen LogP contribution in [0.2, 0.25) is 0 Å². The summed E-state index contributed by atoms with van der Waals surface area (Å²) in [5.41, 5.74) is 0.345. The first-order valence-corrected chi connectivity index (χ1v) is 7.68. The van der Waals surface area contributed by atoms with E-state index in [0.29, 0.717) is 10.5 Å². The molecule has 3 aromatic rings. The van der Waals surface area contributed by atoms with Gasteiger partial charge in [0.25, 0.3) is 0 Å². The zero-order valence-electron chi connectivity index (χ0n) is 12.6. The number of aromatic amines is 1. The lowest BCUT2D eigenvalue weighted by atomic mass is 10.2. The first-order chi connectivity index (χ1) is 11.7. The number of methoxy groups -OCH3 is 1. The number of hydrogen-bond donors (Lipinski definition) is 2. The molecule has 0 saturated carbocycles. The Morgan fingerprint density at radius 1 is 1.33 bits per heavy atom. The Morgan fingerprint density at radius 2 is 2.12 bits per heavy atom. The number of aliphatic hydroxyl groups excluding tert-OH is 1. The lowest BCUT2D eigenvalue weighted by Gasteiger charge is -2.03. The van der Waals surface area contributed by atoms with E-state index in [-0.39, 0.29) is 11.6 Å². The fourth-order valence-corrected chi connectivity index (χ4v) is 2.80. The van der Waals surface area contributed by atoms with Crippen molar-refractivity contribution in [1.29, 1.82) is 0 Å². The number of ether oxygens (including phenoxy) is 1. The molecule has 8 heteroatoms. The van der Waals surface area contributed by atoms with Crippen molar-refractivity contribution >= 4 is 23.3 Å². The molecule has 2 N–H and O–H groups in total. The van der Waals surface area contributed by atoms with Gasteiger partial charge in [0, 0.05) is 11.0 Å². The molecule has 1 aromatic carbocycles. The van der Waals surface area contributed by atoms with Crippen LogP contribution in [0.4, 0.5) is 0 Å². The smallest absolute Gasteiger partial charge is 0.215 e. The zero-order valence-corrected chi connectivity index (χ0v) is 13.4. The highest BCUT2D eigenvalue weighted by atomic mass is 32.2. The van der Waals surface area contributed by atoms with Crippen molar-refractivity contribution in [2.75, 3.05) is 7.11 Å². The molecule has 2 heterocycles. The summed E-state index contributed by atoms with van der Waals surface area (Å²) < 4.78 is 10.3. The number of allylic oxidation sites excluding steroid dienone is 1. The van der Waals surface area contributed by atoms with Gasteiger partial charge in [0.15, 0.2) is 11.5 Å². The maximum absolute atomic E-state index is 12.3. The average Bonchev–Trinajstić information content (AvgIpc) is 3.27. The van der Waals surface area contributed by atoms with Crippen LogP contribution in [0.15, 0.2) is 63.4 Å². The zero-order chi connectivity index (χ0) is 16.9. The summed E-state index contributed by atoms with van der Waals surface area (Å²) >= 11 is 1.37. The van der Waals surface area contributed by atoms with E-state index >= 15 is 0 Å². The van der Waals surface area contributed by atoms with Gasteiger partial charge in [-0.1, -0.05) is 11.8 Å². The molecule has 0 saturated heterocycles. The molecule has 24 heavy (non-hydrogen) atoms. The van der Waals surface area contributed by atoms with Crippen molar-refractivity contribution in [3.05, 3.63) is 60.6 Å². The molecule has 0 bridgehead atoms. The molecule has 0 amide bonds. The highest BCUT2D eigenvalue weighted by molar-refractivity contribution is 7.99. The van der Waals surface area contributed by atoms with Gasteiger partial charge in [-0.25, -0.2) is 4.98 Å². The van der Waals surface area contributed by atoms with Gasteiger partial charge in [-0.15, -0.1) is 0 Å². The molecule has 0 atom stereocenters. The Labute approximate surface area is 141 Å². The number of carbonyl (C=O) groups is 1. The Bertz CT molecular complexity index is 854. The Kier molecular flexibility index (Phi) is 4.66. The Hall–Kier alpha value is -3.00. The van der Waals surface area contributed by atoms with Crippen LogP contribution in [0.25, 0.3) is 5.76 Å². The fraction of sp³-hybridized carbons (Fsp3) is 0.0625. The number of H-pyrrole nitrogens is 1. The maximum Gasteiger partial charge on any atom is 0.215 e. The van der Waals surface area contributed by atoms with Gasteiger partial charge in [0.2, 0.25) is 5.82 Å². The highest BCUT2D eigenvalue weighted by Gasteiger charge is 2.15. The van der Waals surface area contributed by atoms with E-state index in [2.05, 4.69) is 15.2 Å². The topological polar surface area (TPSA) is 101 Å². The third-order valence-corrected chi connectivity index (χ3v) is 4.13. The first-order valence-electron chi connectivity index (χ1n) is 6.86. The lowest BCUT2D eigenvalue weighted by molar-refractivity contribution is 0.104. The second-order valence-electron chi connectivity index (χ2n) is 4.64. The molecule has 0 spiro atoms. The van der Waals surface area contributed by atoms with E-state index in [1.165, 1.54) is 30.6 Å². The van der Waals surface area contributed by atoms with E-state index in [1.54, 1.807) is 7.11 Å². The molecule has 0 fully saturated rings. The third-order valence-electron chi connectivity index (χ3n) is 3.09. The van der Waals surface area contributed by atoms with Crippen LogP contribution in [0.1, 0.15) is 16.2 Å². The van der Waals surface area contributed by atoms with Crippen molar-refractivity contribution in [2.24, 2.45) is 0 Å². The van der Waals surface area contributed by atoms with Gasteiger partial charge in [-0.05, 0) is 24.3 Å². The Balaban J connectivity index is 1.79. The largest absolute Gasteiger partial charge is 0.504 e. The molecule has 3 rings (SSSR count). The maximum atomic E-state index is 12.3. The van der Waals surface area contributed by atoms with Crippen LogP contribution < -0.4 is 4.74 Å². The van der Waals surface area contributed by atoms with Crippen LogP contribution in [0.3, 0.4) is 0 Å². The lowest BCUT2D eigenvalue weighted by Crippen LogP contribution is -1.97. The van der Waals surface area contributed by atoms with Crippen LogP contribution >= 0.6 is 11.8 Å². The van der Waals surface area contributed by atoms with Gasteiger partial charge in [-0.2, -0.15) is 5.10 Å². The molecule has 0 aliphatic carbocycles. The number of nitrogens with zero attached hydrogens (tertiary/aromatic N) is 2. The van der Waals surface area contributed by atoms with E-state index < -0.39 is 5.78 Å². The number of rotatable bonds is 6. The number of carbonyl (C=O) groups excluding carboxylic acids is 1. The monoisotopic (exact) mass is 343 g/mol. The summed E-state index contributed by atoms with van der Waals surface area (Å²) in [6, 6.07) is 7.43. The Morgan fingerprint density at radius 3 is 2.79 bits per heavy atom. The van der Waals surface area contributed by atoms with Gasteiger partial charge in [0.05, 0.1) is 17.6 Å². The molecule has 7 nitrogen and oxygen atoms in total. The average molecular weight is 343 g/mol. The second kappa shape index (κ2) is 7.05. The van der Waals surface area contributed by atoms with Crippen molar-refractivity contribution in [1.82, 2.24) is 15.2 Å².